The molecule has 1 N–H and O–H groups in total. The Morgan fingerprint density at radius 1 is 1.56 bits per heavy atom. The van der Waals surface area contributed by atoms with Crippen molar-refractivity contribution in [3.8, 4) is 11.8 Å². The summed E-state index contributed by atoms with van der Waals surface area (Å²) < 4.78 is 19.5. The van der Waals surface area contributed by atoms with Crippen molar-refractivity contribution in [1.29, 1.82) is 5.26 Å². The minimum absolute atomic E-state index is 0.0487. The highest BCUT2D eigenvalue weighted by molar-refractivity contribution is 5.90. The molecule has 0 aliphatic carbocycles. The maximum atomic E-state index is 14.4. The first-order valence-corrected chi connectivity index (χ1v) is 7.33. The summed E-state index contributed by atoms with van der Waals surface area (Å²) in [5, 5.41) is 18.9. The van der Waals surface area contributed by atoms with Crippen LogP contribution in [0.25, 0.3) is 5.69 Å². The van der Waals surface area contributed by atoms with Crippen LogP contribution in [0.3, 0.4) is 0 Å². The van der Waals surface area contributed by atoms with Gasteiger partial charge < -0.3 is 10.1 Å². The minimum Gasteiger partial charge on any atom is -0.442 e. The fourth-order valence-corrected chi connectivity index (χ4v) is 2.35. The molecule has 128 valence electrons. The van der Waals surface area contributed by atoms with Crippen molar-refractivity contribution in [3.63, 3.8) is 0 Å². The maximum Gasteiger partial charge on any atom is 0.414 e. The Kier molecular flexibility index (Phi) is 4.30. The number of ether oxygens (including phenoxy) is 1. The predicted octanol–water partition coefficient (Wildman–Crippen LogP) is 0.739. The van der Waals surface area contributed by atoms with Crippen LogP contribution in [0.4, 0.5) is 14.9 Å². The van der Waals surface area contributed by atoms with Crippen LogP contribution in [0.2, 0.25) is 0 Å². The summed E-state index contributed by atoms with van der Waals surface area (Å²) in [6.07, 6.45) is 0.0919. The van der Waals surface area contributed by atoms with Crippen molar-refractivity contribution in [3.05, 3.63) is 35.9 Å². The van der Waals surface area contributed by atoms with Gasteiger partial charge in [-0.25, -0.2) is 9.18 Å². The average molecular weight is 344 g/mol. The fraction of sp³-hybridized carbons (Fsp3) is 0.267. The molecule has 0 bridgehead atoms. The molecule has 10 heteroatoms. The van der Waals surface area contributed by atoms with Gasteiger partial charge in [-0.15, -0.1) is 9.90 Å². The zero-order valence-corrected chi connectivity index (χ0v) is 13.1. The highest BCUT2D eigenvalue weighted by Gasteiger charge is 2.32. The van der Waals surface area contributed by atoms with Gasteiger partial charge in [0.05, 0.1) is 25.0 Å². The zero-order chi connectivity index (χ0) is 18.0. The largest absolute Gasteiger partial charge is 0.442 e. The SMILES string of the molecule is CC(=O)NC[C@H]1CN(c2ccc(-n3ncc(C#N)n3)c(F)c2)C(=O)O1. The molecular formula is C15H13FN6O3. The van der Waals surface area contributed by atoms with Crippen molar-refractivity contribution in [2.45, 2.75) is 13.0 Å². The van der Waals surface area contributed by atoms with E-state index < -0.39 is 18.0 Å². The van der Waals surface area contributed by atoms with Gasteiger partial charge >= 0.3 is 6.09 Å². The van der Waals surface area contributed by atoms with E-state index >= 15 is 0 Å². The molecule has 1 saturated heterocycles. The number of aromatic nitrogens is 3. The summed E-state index contributed by atoms with van der Waals surface area (Å²) in [6, 6.07) is 5.89. The van der Waals surface area contributed by atoms with E-state index in [1.54, 1.807) is 6.07 Å². The maximum absolute atomic E-state index is 14.4. The van der Waals surface area contributed by atoms with Crippen LogP contribution in [-0.4, -0.2) is 46.2 Å². The molecule has 3 rings (SSSR count). The van der Waals surface area contributed by atoms with E-state index in [9.17, 15) is 14.0 Å². The molecule has 1 aromatic carbocycles. The molecule has 9 nitrogen and oxygen atoms in total. The normalized spacial score (nSPS) is 16.4. The van der Waals surface area contributed by atoms with E-state index in [0.717, 1.165) is 10.9 Å². The molecule has 25 heavy (non-hydrogen) atoms. The second-order valence-electron chi connectivity index (χ2n) is 5.32. The molecule has 2 heterocycles. The molecule has 1 aromatic heterocycles. The third-order valence-corrected chi connectivity index (χ3v) is 3.52. The van der Waals surface area contributed by atoms with Crippen LogP contribution >= 0.6 is 0 Å². The van der Waals surface area contributed by atoms with Gasteiger partial charge in [-0.05, 0) is 12.1 Å². The first kappa shape index (κ1) is 16.4. The van der Waals surface area contributed by atoms with Crippen LogP contribution in [0.15, 0.2) is 24.4 Å². The Morgan fingerprint density at radius 2 is 2.36 bits per heavy atom. The van der Waals surface area contributed by atoms with Crippen molar-refractivity contribution in [2.24, 2.45) is 0 Å². The molecular weight excluding hydrogens is 331 g/mol. The third kappa shape index (κ3) is 3.40. The Bertz CT molecular complexity index is 874. The first-order valence-electron chi connectivity index (χ1n) is 7.33. The van der Waals surface area contributed by atoms with Crippen molar-refractivity contribution in [2.75, 3.05) is 18.0 Å². The zero-order valence-electron chi connectivity index (χ0n) is 13.1. The van der Waals surface area contributed by atoms with Crippen molar-refractivity contribution in [1.82, 2.24) is 20.3 Å². The number of carbonyl (C=O) groups excluding carboxylic acids is 2. The fourth-order valence-electron chi connectivity index (χ4n) is 2.35. The number of anilines is 1. The van der Waals surface area contributed by atoms with Crippen LogP contribution < -0.4 is 10.2 Å². The van der Waals surface area contributed by atoms with Gasteiger partial charge in [-0.3, -0.25) is 9.69 Å². The lowest BCUT2D eigenvalue weighted by Crippen LogP contribution is -2.33. The van der Waals surface area contributed by atoms with Crippen LogP contribution in [-0.2, 0) is 9.53 Å². The number of nitriles is 1. The highest BCUT2D eigenvalue weighted by Crippen LogP contribution is 2.25. The lowest BCUT2D eigenvalue weighted by Gasteiger charge is -2.14. The van der Waals surface area contributed by atoms with Gasteiger partial charge in [0, 0.05) is 13.0 Å². The number of hydrogen-bond acceptors (Lipinski definition) is 6. The van der Waals surface area contributed by atoms with E-state index in [1.807, 2.05) is 0 Å². The summed E-state index contributed by atoms with van der Waals surface area (Å²) in [5.74, 6) is -0.885. The number of hydrogen-bond donors (Lipinski definition) is 1. The van der Waals surface area contributed by atoms with E-state index in [4.69, 9.17) is 10.00 Å². The Balaban J connectivity index is 1.77. The topological polar surface area (TPSA) is 113 Å². The second kappa shape index (κ2) is 6.56. The monoisotopic (exact) mass is 344 g/mol. The van der Waals surface area contributed by atoms with Crippen LogP contribution in [0.5, 0.6) is 0 Å². The summed E-state index contributed by atoms with van der Waals surface area (Å²) >= 11 is 0. The standard InChI is InChI=1S/C15H13FN6O3/c1-9(23)18-7-12-8-21(15(24)25-12)11-2-3-14(13(16)4-11)22-19-6-10(5-17)20-22/h2-4,6,12H,7-8H2,1H3,(H,18,23)/t12-/m0/s1. The van der Waals surface area contributed by atoms with Gasteiger partial charge in [0.1, 0.15) is 17.9 Å². The second-order valence-corrected chi connectivity index (χ2v) is 5.32. The average Bonchev–Trinajstić information content (AvgIpc) is 3.19. The van der Waals surface area contributed by atoms with Crippen LogP contribution in [0.1, 0.15) is 12.6 Å². The summed E-state index contributed by atoms with van der Waals surface area (Å²) in [7, 11) is 0. The van der Waals surface area contributed by atoms with Crippen molar-refractivity contribution >= 4 is 17.7 Å². The lowest BCUT2D eigenvalue weighted by atomic mass is 10.2. The number of cyclic esters (lactones) is 1. The molecule has 1 fully saturated rings. The van der Waals surface area contributed by atoms with E-state index in [0.29, 0.717) is 5.69 Å². The van der Waals surface area contributed by atoms with E-state index in [1.165, 1.54) is 30.2 Å². The molecule has 2 aromatic rings. The molecule has 0 spiro atoms. The summed E-state index contributed by atoms with van der Waals surface area (Å²) in [5.41, 5.74) is 0.421. The Hall–Kier alpha value is -3.48. The highest BCUT2D eigenvalue weighted by atomic mass is 19.1. The quantitative estimate of drug-likeness (QED) is 0.875. The molecule has 1 aliphatic heterocycles. The van der Waals surface area contributed by atoms with Crippen molar-refractivity contribution < 1.29 is 18.7 Å². The van der Waals surface area contributed by atoms with E-state index in [2.05, 4.69) is 15.5 Å². The number of carbonyl (C=O) groups is 2. The molecule has 0 unspecified atom stereocenters. The van der Waals surface area contributed by atoms with Gasteiger partial charge in [0.25, 0.3) is 0 Å². The smallest absolute Gasteiger partial charge is 0.414 e. The van der Waals surface area contributed by atoms with Gasteiger partial charge in [0.2, 0.25) is 5.91 Å². The lowest BCUT2D eigenvalue weighted by molar-refractivity contribution is -0.119. The number of benzene rings is 1. The summed E-state index contributed by atoms with van der Waals surface area (Å²) in [6.45, 7) is 1.74. The molecule has 1 aliphatic rings. The third-order valence-electron chi connectivity index (χ3n) is 3.52. The number of halogens is 1. The molecule has 1 atom stereocenters. The van der Waals surface area contributed by atoms with Gasteiger partial charge in [0.15, 0.2) is 11.5 Å². The van der Waals surface area contributed by atoms with Gasteiger partial charge in [-0.1, -0.05) is 0 Å². The van der Waals surface area contributed by atoms with Gasteiger partial charge in [-0.2, -0.15) is 10.4 Å². The minimum atomic E-state index is -0.657. The Labute approximate surface area is 141 Å². The summed E-state index contributed by atoms with van der Waals surface area (Å²) in [4.78, 5) is 25.1. The molecule has 0 radical (unpaired) electrons. The predicted molar refractivity (Wildman–Crippen MR) is 82.3 cm³/mol. The number of rotatable bonds is 4. The first-order chi connectivity index (χ1) is 12.0. The van der Waals surface area contributed by atoms with Crippen LogP contribution in [0, 0.1) is 17.1 Å². The Morgan fingerprint density at radius 3 is 3.00 bits per heavy atom. The van der Waals surface area contributed by atoms with E-state index in [-0.39, 0.29) is 30.4 Å². The molecule has 2 amide bonds. The number of nitrogens with one attached hydrogen (secondary N) is 1. The number of nitrogens with zero attached hydrogens (tertiary/aromatic N) is 5. The molecule has 0 saturated carbocycles. The number of amides is 2.